The second-order valence-electron chi connectivity index (χ2n) is 8.99. The number of aromatic amines is 1. The first-order valence-electron chi connectivity index (χ1n) is 11.1. The molecular weight excluding hydrogens is 414 g/mol. The normalized spacial score (nSPS) is 15.9. The van der Waals surface area contributed by atoms with Gasteiger partial charge < -0.3 is 19.7 Å². The van der Waals surface area contributed by atoms with E-state index in [2.05, 4.69) is 60.8 Å². The van der Waals surface area contributed by atoms with Crippen molar-refractivity contribution < 1.29 is 5.11 Å². The average molecular weight is 440 g/mol. The lowest BCUT2D eigenvalue weighted by molar-refractivity contribution is 0.0350. The van der Waals surface area contributed by atoms with Gasteiger partial charge >= 0.3 is 0 Å². The number of imidazole rings is 1. The lowest BCUT2D eigenvalue weighted by Gasteiger charge is -2.36. The minimum Gasteiger partial charge on any atom is -0.390 e. The van der Waals surface area contributed by atoms with Crippen molar-refractivity contribution in [1.82, 2.24) is 24.6 Å². The Bertz CT molecular complexity index is 1420. The monoisotopic (exact) mass is 439 g/mol. The minimum atomic E-state index is -0.569. The third-order valence-electron chi connectivity index (χ3n) is 6.45. The Kier molecular flexibility index (Phi) is 4.55. The third-order valence-corrected chi connectivity index (χ3v) is 6.45. The van der Waals surface area contributed by atoms with E-state index in [0.29, 0.717) is 0 Å². The number of piperidine rings is 1. The molecule has 8 nitrogen and oxygen atoms in total. The maximum Gasteiger partial charge on any atom is 0.160 e. The van der Waals surface area contributed by atoms with Gasteiger partial charge in [0.05, 0.1) is 34.9 Å². The van der Waals surface area contributed by atoms with E-state index in [9.17, 15) is 5.11 Å². The Balaban J connectivity index is 1.29. The number of nitrogens with one attached hydrogen (secondary N) is 2. The largest absolute Gasteiger partial charge is 0.390 e. The molecule has 8 heteroatoms. The van der Waals surface area contributed by atoms with Gasteiger partial charge in [0.15, 0.2) is 5.65 Å². The molecule has 1 aliphatic rings. The van der Waals surface area contributed by atoms with Crippen molar-refractivity contribution in [3.8, 4) is 11.1 Å². The summed E-state index contributed by atoms with van der Waals surface area (Å²) in [6.45, 7) is 3.52. The Labute approximate surface area is 190 Å². The molecule has 166 valence electrons. The lowest BCUT2D eigenvalue weighted by Crippen LogP contribution is -2.42. The molecule has 0 saturated carbocycles. The summed E-state index contributed by atoms with van der Waals surface area (Å²) in [5.74, 6) is 0.934. The molecule has 0 unspecified atom stereocenters. The Morgan fingerprint density at radius 1 is 1.03 bits per heavy atom. The number of aromatic nitrogens is 5. The second-order valence-corrected chi connectivity index (χ2v) is 8.99. The van der Waals surface area contributed by atoms with Crippen LogP contribution in [0.5, 0.6) is 0 Å². The molecule has 1 aliphatic heterocycles. The fourth-order valence-electron chi connectivity index (χ4n) is 4.42. The number of nitrogens with zero attached hydrogens (tertiary/aromatic N) is 5. The zero-order valence-corrected chi connectivity index (χ0v) is 18.4. The summed E-state index contributed by atoms with van der Waals surface area (Å²) < 4.78 is 2.02. The fraction of sp³-hybridized carbons (Fsp3) is 0.240. The Hall–Kier alpha value is -3.91. The van der Waals surface area contributed by atoms with Crippen molar-refractivity contribution in [3.05, 3.63) is 67.4 Å². The quantitative estimate of drug-likeness (QED) is 0.385. The highest BCUT2D eigenvalue weighted by Crippen LogP contribution is 2.30. The molecule has 1 aromatic carbocycles. The zero-order valence-electron chi connectivity index (χ0n) is 18.4. The van der Waals surface area contributed by atoms with Gasteiger partial charge in [-0.2, -0.15) is 5.10 Å². The minimum absolute atomic E-state index is 0.569. The second kappa shape index (κ2) is 7.60. The molecule has 3 N–H and O–H groups in total. The van der Waals surface area contributed by atoms with Gasteiger partial charge in [0.2, 0.25) is 0 Å². The molecule has 33 heavy (non-hydrogen) atoms. The first-order chi connectivity index (χ1) is 16.0. The summed E-state index contributed by atoms with van der Waals surface area (Å²) in [6.07, 6.45) is 11.0. The van der Waals surface area contributed by atoms with Gasteiger partial charge in [0.25, 0.3) is 0 Å². The Morgan fingerprint density at radius 3 is 2.73 bits per heavy atom. The third kappa shape index (κ3) is 3.78. The van der Waals surface area contributed by atoms with E-state index in [1.165, 1.54) is 0 Å². The first-order valence-corrected chi connectivity index (χ1v) is 11.1. The van der Waals surface area contributed by atoms with Crippen molar-refractivity contribution in [2.24, 2.45) is 0 Å². The van der Waals surface area contributed by atoms with Crippen LogP contribution in [0, 0.1) is 0 Å². The average Bonchev–Trinajstić information content (AvgIpc) is 3.48. The highest BCUT2D eigenvalue weighted by Gasteiger charge is 2.27. The number of pyridine rings is 2. The van der Waals surface area contributed by atoms with Gasteiger partial charge in [-0.1, -0.05) is 12.1 Å². The molecule has 4 aromatic heterocycles. The molecule has 1 fully saturated rings. The number of hydrogen-bond acceptors (Lipinski definition) is 6. The van der Waals surface area contributed by atoms with Crippen molar-refractivity contribution >= 4 is 33.7 Å². The van der Waals surface area contributed by atoms with Gasteiger partial charge in [-0.3, -0.25) is 5.10 Å². The number of H-pyrrole nitrogens is 1. The topological polar surface area (TPSA) is 94.4 Å². The van der Waals surface area contributed by atoms with Crippen LogP contribution in [0.2, 0.25) is 0 Å². The van der Waals surface area contributed by atoms with E-state index in [-0.39, 0.29) is 0 Å². The summed E-state index contributed by atoms with van der Waals surface area (Å²) in [4.78, 5) is 11.4. The SMILES string of the molecule is CC1(O)CCN(c2ccc(Nc3cc(-c4ccc5cn[nH]c5c4)cn4ccnc34)cn2)CC1. The summed E-state index contributed by atoms with van der Waals surface area (Å²) in [5, 5.41) is 21.9. The van der Waals surface area contributed by atoms with Crippen molar-refractivity contribution in [2.45, 2.75) is 25.4 Å². The predicted octanol–water partition coefficient (Wildman–Crippen LogP) is 4.37. The van der Waals surface area contributed by atoms with Crippen LogP contribution in [0.15, 0.2) is 67.4 Å². The molecule has 1 saturated heterocycles. The van der Waals surface area contributed by atoms with Gasteiger partial charge in [-0.25, -0.2) is 9.97 Å². The van der Waals surface area contributed by atoms with Crippen LogP contribution in [0.3, 0.4) is 0 Å². The van der Waals surface area contributed by atoms with Crippen LogP contribution in [-0.2, 0) is 0 Å². The van der Waals surface area contributed by atoms with Crippen molar-refractivity contribution in [1.29, 1.82) is 0 Å². The fourth-order valence-corrected chi connectivity index (χ4v) is 4.42. The maximum atomic E-state index is 10.2. The summed E-state index contributed by atoms with van der Waals surface area (Å²) in [6, 6.07) is 12.5. The number of anilines is 3. The van der Waals surface area contributed by atoms with Gasteiger partial charge in [-0.05, 0) is 49.6 Å². The van der Waals surface area contributed by atoms with Crippen LogP contribution < -0.4 is 10.2 Å². The molecule has 5 heterocycles. The van der Waals surface area contributed by atoms with Crippen molar-refractivity contribution in [2.75, 3.05) is 23.3 Å². The van der Waals surface area contributed by atoms with Crippen LogP contribution in [0.4, 0.5) is 17.2 Å². The van der Waals surface area contributed by atoms with E-state index in [4.69, 9.17) is 0 Å². The summed E-state index contributed by atoms with van der Waals surface area (Å²) >= 11 is 0. The lowest BCUT2D eigenvalue weighted by atomic mass is 9.94. The summed E-state index contributed by atoms with van der Waals surface area (Å²) in [7, 11) is 0. The molecular formula is C25H25N7O. The number of aliphatic hydroxyl groups is 1. The van der Waals surface area contributed by atoms with Crippen molar-refractivity contribution in [3.63, 3.8) is 0 Å². The molecule has 6 rings (SSSR count). The van der Waals surface area contributed by atoms with Gasteiger partial charge in [-0.15, -0.1) is 0 Å². The predicted molar refractivity (Wildman–Crippen MR) is 130 cm³/mol. The van der Waals surface area contributed by atoms with E-state index in [0.717, 1.165) is 70.8 Å². The zero-order chi connectivity index (χ0) is 22.4. The van der Waals surface area contributed by atoms with E-state index < -0.39 is 5.60 Å². The number of rotatable bonds is 4. The van der Waals surface area contributed by atoms with Crippen LogP contribution in [0.1, 0.15) is 19.8 Å². The highest BCUT2D eigenvalue weighted by atomic mass is 16.3. The molecule has 0 spiro atoms. The number of hydrogen-bond donors (Lipinski definition) is 3. The van der Waals surface area contributed by atoms with Gasteiger partial charge in [0, 0.05) is 42.6 Å². The summed E-state index contributed by atoms with van der Waals surface area (Å²) in [5.41, 5.74) is 5.26. The molecule has 0 radical (unpaired) electrons. The smallest absolute Gasteiger partial charge is 0.160 e. The highest BCUT2D eigenvalue weighted by molar-refractivity contribution is 5.86. The molecule has 0 atom stereocenters. The molecule has 0 bridgehead atoms. The first kappa shape index (κ1) is 19.8. The standard InChI is InChI=1S/C25H25N7O/c1-25(33)6-9-31(10-7-25)23-5-4-20(15-27-23)29-22-13-19(16-32-11-8-26-24(22)32)17-2-3-18-14-28-30-21(18)12-17/h2-5,8,11-16,29,33H,6-7,9-10H2,1H3,(H,28,30). The van der Waals surface area contributed by atoms with Gasteiger partial charge in [0.1, 0.15) is 5.82 Å². The van der Waals surface area contributed by atoms with Crippen LogP contribution in [0.25, 0.3) is 27.7 Å². The number of benzene rings is 1. The van der Waals surface area contributed by atoms with Crippen LogP contribution >= 0.6 is 0 Å². The van der Waals surface area contributed by atoms with E-state index in [1.54, 1.807) is 6.20 Å². The number of fused-ring (bicyclic) bond motifs is 2. The van der Waals surface area contributed by atoms with E-state index in [1.807, 2.05) is 42.0 Å². The maximum absolute atomic E-state index is 10.2. The molecule has 5 aromatic rings. The van der Waals surface area contributed by atoms with E-state index >= 15 is 0 Å². The Morgan fingerprint density at radius 2 is 1.91 bits per heavy atom. The molecule has 0 aliphatic carbocycles. The van der Waals surface area contributed by atoms with Crippen LogP contribution in [-0.4, -0.2) is 48.4 Å². The molecule has 0 amide bonds.